The minimum atomic E-state index is -3.60. The molecule has 11 heteroatoms. The lowest BCUT2D eigenvalue weighted by Crippen LogP contribution is -2.41. The second kappa shape index (κ2) is 10.8. The summed E-state index contributed by atoms with van der Waals surface area (Å²) in [7, 11) is -1.98. The fourth-order valence-electron chi connectivity index (χ4n) is 2.08. The van der Waals surface area contributed by atoms with Gasteiger partial charge < -0.3 is 15.1 Å². The number of hydrogen-bond acceptors (Lipinski definition) is 5. The van der Waals surface area contributed by atoms with Crippen LogP contribution in [0.15, 0.2) is 38.6 Å². The molecule has 0 unspecified atom stereocenters. The van der Waals surface area contributed by atoms with Crippen molar-refractivity contribution in [2.75, 3.05) is 20.1 Å². The van der Waals surface area contributed by atoms with Crippen LogP contribution in [0.4, 0.5) is 0 Å². The predicted octanol–water partition coefficient (Wildman–Crippen LogP) is 2.21. The summed E-state index contributed by atoms with van der Waals surface area (Å²) in [4.78, 5) is 8.46. The van der Waals surface area contributed by atoms with Crippen molar-refractivity contribution in [3.8, 4) is 0 Å². The van der Waals surface area contributed by atoms with E-state index in [0.717, 1.165) is 11.5 Å². The number of halogens is 2. The van der Waals surface area contributed by atoms with Gasteiger partial charge in [-0.1, -0.05) is 17.7 Å². The first-order valence-corrected chi connectivity index (χ1v) is 9.80. The summed E-state index contributed by atoms with van der Waals surface area (Å²) in [6, 6.07) is 6.10. The second-order valence-corrected chi connectivity index (χ2v) is 7.66. The minimum absolute atomic E-state index is 0. The Labute approximate surface area is 181 Å². The molecule has 27 heavy (non-hydrogen) atoms. The maximum atomic E-state index is 12.2. The van der Waals surface area contributed by atoms with Crippen LogP contribution in [-0.4, -0.2) is 39.5 Å². The molecule has 0 radical (unpaired) electrons. The lowest BCUT2D eigenvalue weighted by molar-refractivity contribution is 0.464. The van der Waals surface area contributed by atoms with E-state index in [4.69, 9.17) is 16.0 Å². The Morgan fingerprint density at radius 1 is 1.26 bits per heavy atom. The van der Waals surface area contributed by atoms with Gasteiger partial charge in [0.05, 0.1) is 17.1 Å². The number of nitrogens with one attached hydrogen (secondary N) is 3. The van der Waals surface area contributed by atoms with E-state index < -0.39 is 10.0 Å². The first-order valence-electron chi connectivity index (χ1n) is 7.94. The summed E-state index contributed by atoms with van der Waals surface area (Å²) in [6.45, 7) is 4.64. The molecule has 2 aromatic rings. The van der Waals surface area contributed by atoms with E-state index in [0.29, 0.717) is 30.0 Å². The average Bonchev–Trinajstić information content (AvgIpc) is 2.92. The highest BCUT2D eigenvalue weighted by Crippen LogP contribution is 2.14. The summed E-state index contributed by atoms with van der Waals surface area (Å²) < 4.78 is 32.3. The number of benzene rings is 1. The molecule has 0 saturated carbocycles. The van der Waals surface area contributed by atoms with Crippen molar-refractivity contribution in [1.29, 1.82) is 0 Å². The number of aryl methyl sites for hydroxylation is 2. The number of guanidine groups is 1. The summed E-state index contributed by atoms with van der Waals surface area (Å²) in [6.07, 6.45) is 0. The van der Waals surface area contributed by atoms with Gasteiger partial charge >= 0.3 is 0 Å². The highest BCUT2D eigenvalue weighted by molar-refractivity contribution is 14.0. The van der Waals surface area contributed by atoms with Gasteiger partial charge in [0.15, 0.2) is 5.96 Å². The van der Waals surface area contributed by atoms with Crippen LogP contribution in [0.2, 0.25) is 5.02 Å². The van der Waals surface area contributed by atoms with E-state index in [1.807, 2.05) is 13.8 Å². The van der Waals surface area contributed by atoms with E-state index in [2.05, 4.69) is 25.3 Å². The van der Waals surface area contributed by atoms with Crippen molar-refractivity contribution in [3.63, 3.8) is 0 Å². The molecule has 0 spiro atoms. The van der Waals surface area contributed by atoms with Gasteiger partial charge in [-0.15, -0.1) is 24.0 Å². The third-order valence-electron chi connectivity index (χ3n) is 3.52. The van der Waals surface area contributed by atoms with E-state index in [9.17, 15) is 8.42 Å². The van der Waals surface area contributed by atoms with Gasteiger partial charge in [-0.25, -0.2) is 18.1 Å². The van der Waals surface area contributed by atoms with E-state index in [-0.39, 0.29) is 35.4 Å². The zero-order valence-corrected chi connectivity index (χ0v) is 19.1. The van der Waals surface area contributed by atoms with Crippen LogP contribution in [0.5, 0.6) is 0 Å². The maximum Gasteiger partial charge on any atom is 0.240 e. The molecule has 150 valence electrons. The summed E-state index contributed by atoms with van der Waals surface area (Å²) in [5, 5.41) is 6.43. The van der Waals surface area contributed by atoms with Gasteiger partial charge in [-0.3, -0.25) is 4.99 Å². The quantitative estimate of drug-likeness (QED) is 0.221. The topological polar surface area (TPSA) is 109 Å². The molecule has 3 N–H and O–H groups in total. The Morgan fingerprint density at radius 3 is 2.59 bits per heavy atom. The van der Waals surface area contributed by atoms with Crippen LogP contribution < -0.4 is 15.4 Å². The largest absolute Gasteiger partial charge is 0.444 e. The Bertz CT molecular complexity index is 866. The fourth-order valence-corrected chi connectivity index (χ4v) is 3.41. The number of nitrogens with zero attached hydrogens (tertiary/aromatic N) is 2. The zero-order valence-electron chi connectivity index (χ0n) is 15.2. The van der Waals surface area contributed by atoms with E-state index in [1.54, 1.807) is 19.2 Å². The molecule has 1 aromatic carbocycles. The zero-order chi connectivity index (χ0) is 19.2. The van der Waals surface area contributed by atoms with Crippen LogP contribution in [-0.2, 0) is 16.6 Å². The molecule has 0 atom stereocenters. The Kier molecular flexibility index (Phi) is 9.50. The lowest BCUT2D eigenvalue weighted by Gasteiger charge is -2.11. The standard InChI is InChI=1S/C16H22ClN5O3S.HI/c1-11-12(2)25-15(22-11)10-20-16(18-3)19-7-8-21-26(23,24)14-6-4-5-13(17)9-14;/h4-6,9,21H,7-8,10H2,1-3H3,(H2,18,19,20);1H. The van der Waals surface area contributed by atoms with E-state index in [1.165, 1.54) is 12.1 Å². The summed E-state index contributed by atoms with van der Waals surface area (Å²) in [5.41, 5.74) is 0.847. The Hall–Kier alpha value is -1.37. The monoisotopic (exact) mass is 527 g/mol. The van der Waals surface area contributed by atoms with Crippen molar-refractivity contribution in [1.82, 2.24) is 20.3 Å². The van der Waals surface area contributed by atoms with Gasteiger partial charge in [0.2, 0.25) is 15.9 Å². The van der Waals surface area contributed by atoms with Crippen LogP contribution in [0.25, 0.3) is 0 Å². The molecule has 1 aromatic heterocycles. The number of sulfonamides is 1. The van der Waals surface area contributed by atoms with Gasteiger partial charge in [0, 0.05) is 25.2 Å². The molecule has 8 nitrogen and oxygen atoms in total. The molecular weight excluding hydrogens is 505 g/mol. The van der Waals surface area contributed by atoms with E-state index >= 15 is 0 Å². The van der Waals surface area contributed by atoms with Crippen LogP contribution >= 0.6 is 35.6 Å². The first kappa shape index (κ1) is 23.7. The normalized spacial score (nSPS) is 11.8. The molecule has 0 aliphatic carbocycles. The summed E-state index contributed by atoms with van der Waals surface area (Å²) >= 11 is 5.83. The fraction of sp³-hybridized carbons (Fsp3) is 0.375. The SMILES string of the molecule is CN=C(NCCNS(=O)(=O)c1cccc(Cl)c1)NCc1nc(C)c(C)o1.I. The number of oxazole rings is 1. The molecule has 0 fully saturated rings. The Balaban J connectivity index is 0.00000364. The molecule has 0 amide bonds. The number of aromatic nitrogens is 1. The molecule has 2 rings (SSSR count). The predicted molar refractivity (Wildman–Crippen MR) is 116 cm³/mol. The molecule has 0 saturated heterocycles. The van der Waals surface area contributed by atoms with Crippen LogP contribution in [0.3, 0.4) is 0 Å². The van der Waals surface area contributed by atoms with Crippen molar-refractivity contribution < 1.29 is 12.8 Å². The molecule has 0 aliphatic rings. The van der Waals surface area contributed by atoms with Crippen molar-refractivity contribution >= 4 is 51.6 Å². The molecular formula is C16H23ClIN5O3S. The van der Waals surface area contributed by atoms with Crippen molar-refractivity contribution in [2.45, 2.75) is 25.3 Å². The number of hydrogen-bond donors (Lipinski definition) is 3. The number of rotatable bonds is 7. The summed E-state index contributed by atoms with van der Waals surface area (Å²) in [5.74, 6) is 1.85. The highest BCUT2D eigenvalue weighted by atomic mass is 127. The first-order chi connectivity index (χ1) is 12.3. The van der Waals surface area contributed by atoms with Gasteiger partial charge in [0.1, 0.15) is 5.76 Å². The third-order valence-corrected chi connectivity index (χ3v) is 5.21. The third kappa shape index (κ3) is 7.28. The Morgan fingerprint density at radius 2 is 2.00 bits per heavy atom. The average molecular weight is 528 g/mol. The molecule has 0 bridgehead atoms. The molecule has 1 heterocycles. The van der Waals surface area contributed by atoms with Gasteiger partial charge in [-0.2, -0.15) is 0 Å². The van der Waals surface area contributed by atoms with Crippen molar-refractivity contribution in [2.24, 2.45) is 4.99 Å². The molecule has 0 aliphatic heterocycles. The van der Waals surface area contributed by atoms with Gasteiger partial charge in [-0.05, 0) is 32.0 Å². The van der Waals surface area contributed by atoms with Crippen LogP contribution in [0.1, 0.15) is 17.3 Å². The second-order valence-electron chi connectivity index (χ2n) is 5.46. The van der Waals surface area contributed by atoms with Crippen LogP contribution in [0, 0.1) is 13.8 Å². The smallest absolute Gasteiger partial charge is 0.240 e. The minimum Gasteiger partial charge on any atom is -0.444 e. The lowest BCUT2D eigenvalue weighted by atomic mass is 10.4. The van der Waals surface area contributed by atoms with Gasteiger partial charge in [0.25, 0.3) is 0 Å². The maximum absolute atomic E-state index is 12.2. The van der Waals surface area contributed by atoms with Crippen molar-refractivity contribution in [3.05, 3.63) is 46.6 Å². The number of aliphatic imine (C=N–C) groups is 1. The highest BCUT2D eigenvalue weighted by Gasteiger charge is 2.13.